The predicted octanol–water partition coefficient (Wildman–Crippen LogP) is 3.09. The first-order chi connectivity index (χ1) is 11.7. The number of hydrogen-bond donors (Lipinski definition) is 2. The van der Waals surface area contributed by atoms with Crippen molar-refractivity contribution in [2.45, 2.75) is 30.9 Å². The summed E-state index contributed by atoms with van der Waals surface area (Å²) >= 11 is 0. The van der Waals surface area contributed by atoms with E-state index in [1.807, 2.05) is 36.4 Å². The molecule has 2 unspecified atom stereocenters. The Morgan fingerprint density at radius 2 is 2.00 bits per heavy atom. The first-order valence-corrected chi connectivity index (χ1v) is 8.44. The van der Waals surface area contributed by atoms with Gasteiger partial charge in [-0.3, -0.25) is 4.99 Å². The van der Waals surface area contributed by atoms with Gasteiger partial charge < -0.3 is 15.6 Å². The molecule has 2 atom stereocenters. The molecule has 0 fully saturated rings. The van der Waals surface area contributed by atoms with Crippen LogP contribution in [-0.2, 0) is 0 Å². The lowest BCUT2D eigenvalue weighted by molar-refractivity contribution is 0.0852. The minimum absolute atomic E-state index is 0.252. The third-order valence-electron chi connectivity index (χ3n) is 4.41. The minimum atomic E-state index is -0.582. The van der Waals surface area contributed by atoms with Gasteiger partial charge >= 0.3 is 0 Å². The van der Waals surface area contributed by atoms with Gasteiger partial charge in [-0.05, 0) is 36.9 Å². The van der Waals surface area contributed by atoms with Gasteiger partial charge in [0.25, 0.3) is 0 Å². The number of aliphatic hydroxyl groups excluding tert-OH is 1. The smallest absolute Gasteiger partial charge is 0.127 e. The first kappa shape index (κ1) is 16.7. The van der Waals surface area contributed by atoms with Crippen LogP contribution in [0.4, 0.5) is 0 Å². The van der Waals surface area contributed by atoms with Crippen LogP contribution in [0.15, 0.2) is 59.6 Å². The number of hydrogen-bond acceptors (Lipinski definition) is 4. The van der Waals surface area contributed by atoms with Crippen LogP contribution in [0.1, 0.15) is 19.3 Å². The average Bonchev–Trinajstić information content (AvgIpc) is 3.06. The number of benzene rings is 2. The molecule has 0 spiro atoms. The van der Waals surface area contributed by atoms with Gasteiger partial charge in [0.15, 0.2) is 0 Å². The summed E-state index contributed by atoms with van der Waals surface area (Å²) in [5, 5.41) is 12.6. The number of fused-ring (bicyclic) bond motifs is 1. The number of rotatable bonds is 8. The highest BCUT2D eigenvalue weighted by Crippen LogP contribution is 2.30. The van der Waals surface area contributed by atoms with E-state index in [2.05, 4.69) is 23.2 Å². The molecule has 1 aliphatic rings. The molecule has 3 N–H and O–H groups in total. The molecule has 0 saturated heterocycles. The Balaban J connectivity index is 1.63. The van der Waals surface area contributed by atoms with Crippen molar-refractivity contribution in [3.05, 3.63) is 54.6 Å². The van der Waals surface area contributed by atoms with E-state index in [1.165, 1.54) is 0 Å². The molecule has 0 aliphatic carbocycles. The Labute approximate surface area is 142 Å². The number of nitrogens with two attached hydrogens (primary N) is 1. The summed E-state index contributed by atoms with van der Waals surface area (Å²) in [6.07, 6.45) is 7.50. The SMILES string of the molecule is NCCCC1(CC(O)COc2cccc3ccccc23)C=CC=N1. The lowest BCUT2D eigenvalue weighted by atomic mass is 9.88. The molecular weight excluding hydrogens is 300 g/mol. The van der Waals surface area contributed by atoms with Gasteiger partial charge in [0, 0.05) is 18.0 Å². The Morgan fingerprint density at radius 3 is 2.79 bits per heavy atom. The molecule has 24 heavy (non-hydrogen) atoms. The lowest BCUT2D eigenvalue weighted by Crippen LogP contribution is -2.32. The normalized spacial score (nSPS) is 20.6. The fourth-order valence-electron chi connectivity index (χ4n) is 3.21. The Morgan fingerprint density at radius 1 is 1.17 bits per heavy atom. The van der Waals surface area contributed by atoms with E-state index in [1.54, 1.807) is 6.21 Å². The molecule has 2 aromatic carbocycles. The molecular formula is C20H24N2O2. The van der Waals surface area contributed by atoms with Crippen molar-refractivity contribution in [2.24, 2.45) is 10.7 Å². The zero-order valence-corrected chi connectivity index (χ0v) is 13.8. The van der Waals surface area contributed by atoms with Crippen LogP contribution in [0.3, 0.4) is 0 Å². The summed E-state index contributed by atoms with van der Waals surface area (Å²) in [6, 6.07) is 14.0. The fraction of sp³-hybridized carbons (Fsp3) is 0.350. The maximum atomic E-state index is 10.4. The van der Waals surface area contributed by atoms with Crippen molar-refractivity contribution < 1.29 is 9.84 Å². The van der Waals surface area contributed by atoms with E-state index in [4.69, 9.17) is 10.5 Å². The third-order valence-corrected chi connectivity index (χ3v) is 4.41. The molecule has 0 amide bonds. The van der Waals surface area contributed by atoms with Crippen LogP contribution < -0.4 is 10.5 Å². The van der Waals surface area contributed by atoms with Crippen molar-refractivity contribution >= 4 is 17.0 Å². The van der Waals surface area contributed by atoms with E-state index in [-0.39, 0.29) is 12.1 Å². The van der Waals surface area contributed by atoms with Gasteiger partial charge in [0.2, 0.25) is 0 Å². The molecule has 4 nitrogen and oxygen atoms in total. The zero-order valence-electron chi connectivity index (χ0n) is 13.8. The maximum absolute atomic E-state index is 10.4. The molecule has 0 radical (unpaired) electrons. The molecule has 4 heteroatoms. The zero-order chi connectivity index (χ0) is 16.8. The quantitative estimate of drug-likeness (QED) is 0.784. The number of nitrogens with zero attached hydrogens (tertiary/aromatic N) is 1. The van der Waals surface area contributed by atoms with Gasteiger partial charge in [0.05, 0.1) is 11.6 Å². The van der Waals surface area contributed by atoms with E-state index in [9.17, 15) is 5.11 Å². The van der Waals surface area contributed by atoms with Crippen molar-refractivity contribution in [1.29, 1.82) is 0 Å². The standard InChI is InChI=1S/C20H24N2O2/c21-12-4-10-20(11-5-13-22-20)14-17(23)15-24-19-9-3-7-16-6-1-2-8-18(16)19/h1-3,5-9,11,13,17,23H,4,10,12,14-15,21H2. The van der Waals surface area contributed by atoms with Crippen molar-refractivity contribution in [3.8, 4) is 5.75 Å². The molecule has 2 aromatic rings. The van der Waals surface area contributed by atoms with Crippen LogP contribution in [0.5, 0.6) is 5.75 Å². The van der Waals surface area contributed by atoms with Crippen LogP contribution in [-0.4, -0.2) is 36.1 Å². The second kappa shape index (κ2) is 7.60. The Kier molecular flexibility index (Phi) is 5.28. The summed E-state index contributed by atoms with van der Waals surface area (Å²) in [5.41, 5.74) is 5.29. The molecule has 1 heterocycles. The van der Waals surface area contributed by atoms with E-state index in [0.29, 0.717) is 13.0 Å². The van der Waals surface area contributed by atoms with Crippen LogP contribution in [0.25, 0.3) is 10.8 Å². The number of aliphatic imine (C=N–C) groups is 1. The van der Waals surface area contributed by atoms with Gasteiger partial charge in [0.1, 0.15) is 12.4 Å². The van der Waals surface area contributed by atoms with E-state index >= 15 is 0 Å². The van der Waals surface area contributed by atoms with Crippen LogP contribution >= 0.6 is 0 Å². The molecule has 0 bridgehead atoms. The monoisotopic (exact) mass is 324 g/mol. The van der Waals surface area contributed by atoms with Gasteiger partial charge in [-0.25, -0.2) is 0 Å². The van der Waals surface area contributed by atoms with Crippen LogP contribution in [0.2, 0.25) is 0 Å². The highest BCUT2D eigenvalue weighted by molar-refractivity contribution is 5.88. The largest absolute Gasteiger partial charge is 0.490 e. The predicted molar refractivity (Wildman–Crippen MR) is 98.7 cm³/mol. The molecule has 1 aliphatic heterocycles. The second-order valence-electron chi connectivity index (χ2n) is 6.28. The Hall–Kier alpha value is -2.17. The average molecular weight is 324 g/mol. The highest BCUT2D eigenvalue weighted by atomic mass is 16.5. The minimum Gasteiger partial charge on any atom is -0.490 e. The van der Waals surface area contributed by atoms with Gasteiger partial charge in [-0.1, -0.05) is 42.5 Å². The van der Waals surface area contributed by atoms with Gasteiger partial charge in [-0.15, -0.1) is 0 Å². The Bertz CT molecular complexity index is 722. The molecule has 3 rings (SSSR count). The number of allylic oxidation sites excluding steroid dienone is 1. The summed E-state index contributed by atoms with van der Waals surface area (Å²) in [7, 11) is 0. The van der Waals surface area contributed by atoms with Crippen molar-refractivity contribution in [1.82, 2.24) is 0 Å². The lowest BCUT2D eigenvalue weighted by Gasteiger charge is -2.27. The van der Waals surface area contributed by atoms with Crippen LogP contribution in [0, 0.1) is 0 Å². The molecule has 126 valence electrons. The second-order valence-corrected chi connectivity index (χ2v) is 6.28. The summed E-state index contributed by atoms with van der Waals surface area (Å²) < 4.78 is 5.89. The summed E-state index contributed by atoms with van der Waals surface area (Å²) in [4.78, 5) is 4.54. The van der Waals surface area contributed by atoms with E-state index < -0.39 is 6.10 Å². The maximum Gasteiger partial charge on any atom is 0.127 e. The van der Waals surface area contributed by atoms with E-state index in [0.717, 1.165) is 29.4 Å². The fourth-order valence-corrected chi connectivity index (χ4v) is 3.21. The molecule has 0 aromatic heterocycles. The topological polar surface area (TPSA) is 67.8 Å². The first-order valence-electron chi connectivity index (χ1n) is 8.44. The highest BCUT2D eigenvalue weighted by Gasteiger charge is 2.30. The van der Waals surface area contributed by atoms with Gasteiger partial charge in [-0.2, -0.15) is 0 Å². The third kappa shape index (κ3) is 3.83. The number of ether oxygens (including phenoxy) is 1. The summed E-state index contributed by atoms with van der Waals surface area (Å²) in [5.74, 6) is 0.800. The molecule has 0 saturated carbocycles. The number of aliphatic hydroxyl groups is 1. The van der Waals surface area contributed by atoms with Crippen molar-refractivity contribution in [2.75, 3.05) is 13.2 Å². The van der Waals surface area contributed by atoms with Crippen molar-refractivity contribution in [3.63, 3.8) is 0 Å². The summed E-state index contributed by atoms with van der Waals surface area (Å²) in [6.45, 7) is 0.884.